The van der Waals surface area contributed by atoms with Crippen LogP contribution in [0.5, 0.6) is 0 Å². The molecule has 1 aliphatic rings. The molecule has 0 aliphatic heterocycles. The van der Waals surface area contributed by atoms with Gasteiger partial charge in [0.2, 0.25) is 5.91 Å². The van der Waals surface area contributed by atoms with E-state index >= 15 is 0 Å². The van der Waals surface area contributed by atoms with Crippen molar-refractivity contribution in [3.05, 3.63) is 89.7 Å². The standard InChI is InChI=1S/C28H29N5O2S/c34-26(30-31-27(35)21-11-3-1-4-12-21)19-36-28-32-29-25(33(28)23-15-5-2-6-16-23)18-22-14-9-13-20-10-7-8-17-24(20)22/h1,3-4,7-14,17,23H,2,5-6,15-16,18-19H2,(H,30,34)(H,31,35). The van der Waals surface area contributed by atoms with Crippen molar-refractivity contribution in [1.29, 1.82) is 0 Å². The van der Waals surface area contributed by atoms with Crippen molar-refractivity contribution in [2.24, 2.45) is 0 Å². The lowest BCUT2D eigenvalue weighted by Crippen LogP contribution is -2.42. The first kappa shape index (κ1) is 24.1. The maximum atomic E-state index is 12.5. The van der Waals surface area contributed by atoms with Crippen molar-refractivity contribution in [2.75, 3.05) is 5.75 Å². The lowest BCUT2D eigenvalue weighted by Gasteiger charge is -2.25. The van der Waals surface area contributed by atoms with Gasteiger partial charge in [0, 0.05) is 18.0 Å². The SMILES string of the molecule is O=C(CSc1nnc(Cc2cccc3ccccc23)n1C1CCCCC1)NNC(=O)c1ccccc1. The predicted molar refractivity (Wildman–Crippen MR) is 142 cm³/mol. The summed E-state index contributed by atoms with van der Waals surface area (Å²) in [7, 11) is 0. The number of benzene rings is 3. The van der Waals surface area contributed by atoms with Gasteiger partial charge in [-0.1, -0.05) is 91.7 Å². The fourth-order valence-electron chi connectivity index (χ4n) is 4.80. The van der Waals surface area contributed by atoms with Crippen LogP contribution in [0, 0.1) is 0 Å². The first-order chi connectivity index (χ1) is 17.7. The molecule has 184 valence electrons. The molecular formula is C28H29N5O2S. The minimum atomic E-state index is -0.350. The number of rotatable bonds is 7. The van der Waals surface area contributed by atoms with Gasteiger partial charge in [0.1, 0.15) is 5.82 Å². The summed E-state index contributed by atoms with van der Waals surface area (Å²) in [6.07, 6.45) is 6.49. The molecule has 0 radical (unpaired) electrons. The van der Waals surface area contributed by atoms with Gasteiger partial charge >= 0.3 is 0 Å². The monoisotopic (exact) mass is 499 g/mol. The molecule has 0 bridgehead atoms. The quantitative estimate of drug-likeness (QED) is 0.273. The smallest absolute Gasteiger partial charge is 0.269 e. The van der Waals surface area contributed by atoms with E-state index < -0.39 is 0 Å². The predicted octanol–water partition coefficient (Wildman–Crippen LogP) is 5.08. The first-order valence-electron chi connectivity index (χ1n) is 12.4. The number of thioether (sulfide) groups is 1. The topological polar surface area (TPSA) is 88.9 Å². The highest BCUT2D eigenvalue weighted by Crippen LogP contribution is 2.33. The van der Waals surface area contributed by atoms with Crippen LogP contribution in [0.4, 0.5) is 0 Å². The average molecular weight is 500 g/mol. The molecule has 1 saturated carbocycles. The summed E-state index contributed by atoms with van der Waals surface area (Å²) >= 11 is 1.36. The van der Waals surface area contributed by atoms with Crippen molar-refractivity contribution in [3.8, 4) is 0 Å². The van der Waals surface area contributed by atoms with Gasteiger partial charge in [-0.15, -0.1) is 10.2 Å². The van der Waals surface area contributed by atoms with Gasteiger partial charge in [0.05, 0.1) is 5.75 Å². The summed E-state index contributed by atoms with van der Waals surface area (Å²) in [4.78, 5) is 24.7. The molecule has 1 heterocycles. The molecule has 0 unspecified atom stereocenters. The highest BCUT2D eigenvalue weighted by molar-refractivity contribution is 7.99. The van der Waals surface area contributed by atoms with Crippen molar-refractivity contribution >= 4 is 34.3 Å². The minimum absolute atomic E-state index is 0.133. The molecule has 2 N–H and O–H groups in total. The summed E-state index contributed by atoms with van der Waals surface area (Å²) in [5.74, 6) is 0.419. The second-order valence-corrected chi connectivity index (χ2v) is 9.98. The van der Waals surface area contributed by atoms with E-state index in [2.05, 4.69) is 68.1 Å². The molecule has 1 fully saturated rings. The van der Waals surface area contributed by atoms with E-state index in [1.165, 1.54) is 47.4 Å². The number of aromatic nitrogens is 3. The third kappa shape index (κ3) is 5.60. The van der Waals surface area contributed by atoms with Crippen LogP contribution < -0.4 is 10.9 Å². The Labute approximate surface area is 214 Å². The molecule has 2 amide bonds. The zero-order valence-electron chi connectivity index (χ0n) is 20.0. The number of hydrogen-bond donors (Lipinski definition) is 2. The van der Waals surface area contributed by atoms with E-state index in [4.69, 9.17) is 0 Å². The fraction of sp³-hybridized carbons (Fsp3) is 0.286. The maximum Gasteiger partial charge on any atom is 0.269 e. The van der Waals surface area contributed by atoms with Gasteiger partial charge in [-0.3, -0.25) is 20.4 Å². The highest BCUT2D eigenvalue weighted by atomic mass is 32.2. The Morgan fingerprint density at radius 3 is 2.44 bits per heavy atom. The molecule has 8 heteroatoms. The summed E-state index contributed by atoms with van der Waals surface area (Å²) in [5.41, 5.74) is 6.68. The molecule has 1 aromatic heterocycles. The normalized spacial score (nSPS) is 14.0. The second-order valence-electron chi connectivity index (χ2n) is 9.03. The lowest BCUT2D eigenvalue weighted by molar-refractivity contribution is -0.119. The Morgan fingerprint density at radius 2 is 1.61 bits per heavy atom. The summed E-state index contributed by atoms with van der Waals surface area (Å²) < 4.78 is 2.25. The van der Waals surface area contributed by atoms with E-state index in [0.29, 0.717) is 18.0 Å². The third-order valence-corrected chi connectivity index (χ3v) is 7.53. The Morgan fingerprint density at radius 1 is 0.861 bits per heavy atom. The lowest BCUT2D eigenvalue weighted by atomic mass is 9.95. The van der Waals surface area contributed by atoms with Crippen LogP contribution in [0.3, 0.4) is 0 Å². The van der Waals surface area contributed by atoms with Gasteiger partial charge in [-0.25, -0.2) is 0 Å². The summed E-state index contributed by atoms with van der Waals surface area (Å²) in [6, 6.07) is 23.9. The molecule has 7 nitrogen and oxygen atoms in total. The summed E-state index contributed by atoms with van der Waals surface area (Å²) in [6.45, 7) is 0. The van der Waals surface area contributed by atoms with E-state index in [1.807, 2.05) is 6.07 Å². The van der Waals surface area contributed by atoms with Crippen LogP contribution in [0.15, 0.2) is 78.0 Å². The zero-order valence-corrected chi connectivity index (χ0v) is 20.8. The molecule has 0 atom stereocenters. The Kier molecular flexibility index (Phi) is 7.61. The van der Waals surface area contributed by atoms with Gasteiger partial charge in [-0.2, -0.15) is 0 Å². The van der Waals surface area contributed by atoms with Crippen LogP contribution in [0.1, 0.15) is 59.9 Å². The maximum absolute atomic E-state index is 12.5. The molecule has 4 aromatic rings. The van der Waals surface area contributed by atoms with Gasteiger partial charge in [-0.05, 0) is 41.3 Å². The Balaban J connectivity index is 1.30. The number of nitrogens with one attached hydrogen (secondary N) is 2. The number of hydrazine groups is 1. The van der Waals surface area contributed by atoms with E-state index in [1.54, 1.807) is 24.3 Å². The van der Waals surface area contributed by atoms with E-state index in [9.17, 15) is 9.59 Å². The highest BCUT2D eigenvalue weighted by Gasteiger charge is 2.24. The van der Waals surface area contributed by atoms with Crippen LogP contribution in [-0.2, 0) is 11.2 Å². The van der Waals surface area contributed by atoms with Gasteiger partial charge in [0.25, 0.3) is 5.91 Å². The van der Waals surface area contributed by atoms with E-state index in [0.717, 1.165) is 23.8 Å². The van der Waals surface area contributed by atoms with Crippen LogP contribution >= 0.6 is 11.8 Å². The number of hydrogen-bond acceptors (Lipinski definition) is 5. The zero-order chi connectivity index (χ0) is 24.7. The van der Waals surface area contributed by atoms with Crippen molar-refractivity contribution in [1.82, 2.24) is 25.6 Å². The number of fused-ring (bicyclic) bond motifs is 1. The van der Waals surface area contributed by atoms with Crippen molar-refractivity contribution < 1.29 is 9.59 Å². The number of carbonyl (C=O) groups is 2. The molecule has 0 spiro atoms. The molecule has 0 saturated heterocycles. The Bertz CT molecular complexity index is 1340. The van der Waals surface area contributed by atoms with Gasteiger partial charge in [0.15, 0.2) is 5.16 Å². The fourth-order valence-corrected chi connectivity index (χ4v) is 5.63. The molecular weight excluding hydrogens is 470 g/mol. The summed E-state index contributed by atoms with van der Waals surface area (Å²) in [5, 5.41) is 12.3. The van der Waals surface area contributed by atoms with Crippen LogP contribution in [0.2, 0.25) is 0 Å². The number of amides is 2. The number of nitrogens with zero attached hydrogens (tertiary/aromatic N) is 3. The third-order valence-electron chi connectivity index (χ3n) is 6.59. The van der Waals surface area contributed by atoms with Gasteiger partial charge < -0.3 is 4.57 Å². The molecule has 3 aromatic carbocycles. The average Bonchev–Trinajstić information content (AvgIpc) is 3.34. The molecule has 1 aliphatic carbocycles. The van der Waals surface area contributed by atoms with Crippen LogP contribution in [0.25, 0.3) is 10.8 Å². The Hall–Kier alpha value is -3.65. The minimum Gasteiger partial charge on any atom is -0.303 e. The largest absolute Gasteiger partial charge is 0.303 e. The van der Waals surface area contributed by atoms with Crippen LogP contribution in [-0.4, -0.2) is 32.3 Å². The molecule has 36 heavy (non-hydrogen) atoms. The van der Waals surface area contributed by atoms with E-state index in [-0.39, 0.29) is 17.6 Å². The number of carbonyl (C=O) groups excluding carboxylic acids is 2. The van der Waals surface area contributed by atoms with Crippen molar-refractivity contribution in [2.45, 2.75) is 49.7 Å². The molecule has 5 rings (SSSR count). The first-order valence-corrected chi connectivity index (χ1v) is 13.3. The second kappa shape index (κ2) is 11.4. The van der Waals surface area contributed by atoms with Crippen molar-refractivity contribution in [3.63, 3.8) is 0 Å².